The van der Waals surface area contributed by atoms with Crippen LogP contribution in [0.15, 0.2) is 36.4 Å². The maximum absolute atomic E-state index is 13.4. The summed E-state index contributed by atoms with van der Waals surface area (Å²) in [6, 6.07) is 5.75. The van der Waals surface area contributed by atoms with Crippen LogP contribution in [0, 0.1) is 21.7 Å². The van der Waals surface area contributed by atoms with E-state index in [4.69, 9.17) is 0 Å². The number of ether oxygens (including phenoxy) is 1. The van der Waals surface area contributed by atoms with Crippen molar-refractivity contribution in [2.24, 2.45) is 0 Å². The first-order valence-corrected chi connectivity index (χ1v) is 5.67. The number of nitro benzene ring substituents is 1. The van der Waals surface area contributed by atoms with Crippen molar-refractivity contribution < 1.29 is 31.6 Å². The zero-order chi connectivity index (χ0) is 16.5. The molecule has 0 atom stereocenters. The largest absolute Gasteiger partial charge is 0.573 e. The molecule has 0 spiro atoms. The molecule has 9 heteroatoms. The third-order valence-corrected chi connectivity index (χ3v) is 2.61. The molecule has 0 saturated carbocycles. The van der Waals surface area contributed by atoms with Gasteiger partial charge in [0.2, 0.25) is 5.82 Å². The van der Waals surface area contributed by atoms with Crippen LogP contribution in [0.5, 0.6) is 5.75 Å². The molecule has 0 radical (unpaired) electrons. The number of hydrogen-bond acceptors (Lipinski definition) is 3. The molecule has 2 rings (SSSR count). The van der Waals surface area contributed by atoms with E-state index in [0.717, 1.165) is 18.2 Å². The first kappa shape index (κ1) is 15.7. The maximum atomic E-state index is 13.4. The number of halogens is 5. The molecule has 0 bridgehead atoms. The van der Waals surface area contributed by atoms with Gasteiger partial charge in [-0.05, 0) is 29.3 Å². The molecule has 0 unspecified atom stereocenters. The summed E-state index contributed by atoms with van der Waals surface area (Å²) >= 11 is 0. The fourth-order valence-electron chi connectivity index (χ4n) is 1.75. The van der Waals surface area contributed by atoms with Gasteiger partial charge in [-0.2, -0.15) is 4.39 Å². The summed E-state index contributed by atoms with van der Waals surface area (Å²) in [5.41, 5.74) is -1.26. The molecular formula is C13H6F5NO3. The molecule has 2 aromatic rings. The molecule has 0 aromatic heterocycles. The van der Waals surface area contributed by atoms with Crippen molar-refractivity contribution >= 4 is 5.69 Å². The molecule has 4 nitrogen and oxygen atoms in total. The minimum absolute atomic E-state index is 0.00347. The third-order valence-electron chi connectivity index (χ3n) is 2.61. The molecule has 0 N–H and O–H groups in total. The number of alkyl halides is 3. The summed E-state index contributed by atoms with van der Waals surface area (Å²) in [5.74, 6) is -3.71. The average Bonchev–Trinajstić information content (AvgIpc) is 2.39. The van der Waals surface area contributed by atoms with Crippen LogP contribution < -0.4 is 4.74 Å². The Balaban J connectivity index is 2.48. The molecule has 0 amide bonds. The Hall–Kier alpha value is -2.71. The summed E-state index contributed by atoms with van der Waals surface area (Å²) < 4.78 is 66.7. The van der Waals surface area contributed by atoms with Crippen LogP contribution in [0.25, 0.3) is 11.1 Å². The molecular weight excluding hydrogens is 313 g/mol. The summed E-state index contributed by atoms with van der Waals surface area (Å²) in [5, 5.41) is 10.6. The second kappa shape index (κ2) is 5.58. The topological polar surface area (TPSA) is 52.4 Å². The van der Waals surface area contributed by atoms with E-state index in [1.165, 1.54) is 12.1 Å². The molecule has 0 aliphatic heterocycles. The SMILES string of the molecule is O=[N+]([O-])c1cc(-c2cccc(OC(F)(F)F)c2)cc(F)c1F. The highest BCUT2D eigenvalue weighted by atomic mass is 19.4. The zero-order valence-corrected chi connectivity index (χ0v) is 10.5. The van der Waals surface area contributed by atoms with Crippen molar-refractivity contribution in [1.82, 2.24) is 0 Å². The van der Waals surface area contributed by atoms with Crippen molar-refractivity contribution in [3.05, 3.63) is 58.1 Å². The van der Waals surface area contributed by atoms with Gasteiger partial charge in [0.15, 0.2) is 5.82 Å². The van der Waals surface area contributed by atoms with Crippen LogP contribution in [0.1, 0.15) is 0 Å². The molecule has 0 aliphatic rings. The van der Waals surface area contributed by atoms with Crippen LogP contribution in [0.4, 0.5) is 27.6 Å². The summed E-state index contributed by atoms with van der Waals surface area (Å²) in [4.78, 5) is 9.51. The smallest absolute Gasteiger partial charge is 0.406 e. The molecule has 0 aliphatic carbocycles. The fraction of sp³-hybridized carbons (Fsp3) is 0.0769. The Kier molecular flexibility index (Phi) is 3.98. The first-order chi connectivity index (χ1) is 10.2. The van der Waals surface area contributed by atoms with Gasteiger partial charge in [-0.3, -0.25) is 10.1 Å². The van der Waals surface area contributed by atoms with Crippen LogP contribution in [-0.4, -0.2) is 11.3 Å². The van der Waals surface area contributed by atoms with Gasteiger partial charge >= 0.3 is 12.0 Å². The van der Waals surface area contributed by atoms with E-state index in [-0.39, 0.29) is 11.1 Å². The third kappa shape index (κ3) is 3.48. The quantitative estimate of drug-likeness (QED) is 0.477. The van der Waals surface area contributed by atoms with Gasteiger partial charge in [-0.25, -0.2) is 4.39 Å². The van der Waals surface area contributed by atoms with E-state index in [2.05, 4.69) is 4.74 Å². The van der Waals surface area contributed by atoms with Crippen LogP contribution >= 0.6 is 0 Å². The lowest BCUT2D eigenvalue weighted by Gasteiger charge is -2.10. The van der Waals surface area contributed by atoms with Crippen molar-refractivity contribution in [1.29, 1.82) is 0 Å². The van der Waals surface area contributed by atoms with Crippen molar-refractivity contribution in [2.75, 3.05) is 0 Å². The van der Waals surface area contributed by atoms with E-state index < -0.39 is 34.4 Å². The summed E-state index contributed by atoms with van der Waals surface area (Å²) in [6.45, 7) is 0. The van der Waals surface area contributed by atoms with Crippen LogP contribution in [0.2, 0.25) is 0 Å². The van der Waals surface area contributed by atoms with E-state index in [0.29, 0.717) is 6.07 Å². The number of hydrogen-bond donors (Lipinski definition) is 0. The van der Waals surface area contributed by atoms with Gasteiger partial charge in [0, 0.05) is 6.07 Å². The minimum atomic E-state index is -4.92. The highest BCUT2D eigenvalue weighted by molar-refractivity contribution is 5.68. The lowest BCUT2D eigenvalue weighted by Crippen LogP contribution is -2.17. The van der Waals surface area contributed by atoms with Gasteiger partial charge in [0.05, 0.1) is 4.92 Å². The Labute approximate surface area is 119 Å². The normalized spacial score (nSPS) is 11.3. The monoisotopic (exact) mass is 319 g/mol. The van der Waals surface area contributed by atoms with Crippen LogP contribution in [-0.2, 0) is 0 Å². The summed E-state index contributed by atoms with van der Waals surface area (Å²) in [6.07, 6.45) is -4.92. The number of nitro groups is 1. The van der Waals surface area contributed by atoms with Crippen LogP contribution in [0.3, 0.4) is 0 Å². The Bertz CT molecular complexity index is 730. The lowest BCUT2D eigenvalue weighted by atomic mass is 10.0. The van der Waals surface area contributed by atoms with E-state index in [1.54, 1.807) is 0 Å². The van der Waals surface area contributed by atoms with E-state index in [9.17, 15) is 32.1 Å². The zero-order valence-electron chi connectivity index (χ0n) is 10.5. The van der Waals surface area contributed by atoms with Gasteiger partial charge in [0.25, 0.3) is 0 Å². The lowest BCUT2D eigenvalue weighted by molar-refractivity contribution is -0.387. The predicted octanol–water partition coefficient (Wildman–Crippen LogP) is 4.44. The molecule has 0 fully saturated rings. The Morgan fingerprint density at radius 2 is 1.73 bits per heavy atom. The van der Waals surface area contributed by atoms with E-state index >= 15 is 0 Å². The number of benzene rings is 2. The standard InChI is InChI=1S/C13H6F5NO3/c14-10-5-8(6-11(12(10)15)19(20)21)7-2-1-3-9(4-7)22-13(16,17)18/h1-6H. The highest BCUT2D eigenvalue weighted by Crippen LogP contribution is 2.31. The Morgan fingerprint density at radius 1 is 1.05 bits per heavy atom. The van der Waals surface area contributed by atoms with Gasteiger partial charge < -0.3 is 4.74 Å². The fourth-order valence-corrected chi connectivity index (χ4v) is 1.75. The predicted molar refractivity (Wildman–Crippen MR) is 65.1 cm³/mol. The molecule has 0 saturated heterocycles. The molecule has 0 heterocycles. The molecule has 116 valence electrons. The first-order valence-electron chi connectivity index (χ1n) is 5.67. The summed E-state index contributed by atoms with van der Waals surface area (Å²) in [7, 11) is 0. The van der Waals surface area contributed by atoms with Gasteiger partial charge in [-0.1, -0.05) is 12.1 Å². The maximum Gasteiger partial charge on any atom is 0.573 e. The minimum Gasteiger partial charge on any atom is -0.406 e. The average molecular weight is 319 g/mol. The number of rotatable bonds is 3. The van der Waals surface area contributed by atoms with Gasteiger partial charge in [-0.15, -0.1) is 13.2 Å². The van der Waals surface area contributed by atoms with Crippen molar-refractivity contribution in [2.45, 2.75) is 6.36 Å². The van der Waals surface area contributed by atoms with E-state index in [1.807, 2.05) is 0 Å². The number of nitrogens with zero attached hydrogens (tertiary/aromatic N) is 1. The van der Waals surface area contributed by atoms with Crippen molar-refractivity contribution in [3.63, 3.8) is 0 Å². The highest BCUT2D eigenvalue weighted by Gasteiger charge is 2.31. The molecule has 22 heavy (non-hydrogen) atoms. The van der Waals surface area contributed by atoms with Gasteiger partial charge in [0.1, 0.15) is 5.75 Å². The Morgan fingerprint density at radius 3 is 2.32 bits per heavy atom. The molecule has 2 aromatic carbocycles. The second-order valence-corrected chi connectivity index (χ2v) is 4.12. The van der Waals surface area contributed by atoms with Crippen molar-refractivity contribution in [3.8, 4) is 16.9 Å². The second-order valence-electron chi connectivity index (χ2n) is 4.12.